The molecule has 1 amide bonds. The molecule has 0 bridgehead atoms. The zero-order chi connectivity index (χ0) is 18.5. The number of nitrogens with one attached hydrogen (secondary N) is 2. The van der Waals surface area contributed by atoms with Crippen LogP contribution in [0.5, 0.6) is 0 Å². The second-order valence-corrected chi connectivity index (χ2v) is 6.49. The summed E-state index contributed by atoms with van der Waals surface area (Å²) in [5.41, 5.74) is 2.47. The highest BCUT2D eigenvalue weighted by Gasteiger charge is 2.32. The summed E-state index contributed by atoms with van der Waals surface area (Å²) in [6, 6.07) is 14.6. The number of benzene rings is 2. The molecule has 7 nitrogen and oxygen atoms in total. The molecule has 7 heteroatoms. The lowest BCUT2D eigenvalue weighted by molar-refractivity contribution is -0.384. The molecule has 1 saturated carbocycles. The first-order chi connectivity index (χ1) is 12.5. The van der Waals surface area contributed by atoms with Crippen LogP contribution in [0.15, 0.2) is 48.5 Å². The molecule has 0 atom stereocenters. The number of amides is 1. The lowest BCUT2D eigenvalue weighted by atomic mass is 9.86. The number of carbonyl (C=O) groups excluding carboxylic acids is 1. The van der Waals surface area contributed by atoms with Crippen molar-refractivity contribution in [3.05, 3.63) is 69.8 Å². The zero-order valence-electron chi connectivity index (χ0n) is 14.5. The highest BCUT2D eigenvalue weighted by Crippen LogP contribution is 2.30. The Labute approximate surface area is 151 Å². The zero-order valence-corrected chi connectivity index (χ0v) is 14.5. The van der Waals surface area contributed by atoms with Gasteiger partial charge in [-0.05, 0) is 37.0 Å². The summed E-state index contributed by atoms with van der Waals surface area (Å²) in [5, 5.41) is 17.1. The topological polar surface area (TPSA) is 93.5 Å². The minimum Gasteiger partial charge on any atom is -0.445 e. The first kappa shape index (κ1) is 17.7. The van der Waals surface area contributed by atoms with Gasteiger partial charge in [0.05, 0.1) is 4.92 Å². The average Bonchev–Trinajstić information content (AvgIpc) is 2.59. The van der Waals surface area contributed by atoms with Gasteiger partial charge in [0.25, 0.3) is 5.69 Å². The summed E-state index contributed by atoms with van der Waals surface area (Å²) in [5.74, 6) is 0. The summed E-state index contributed by atoms with van der Waals surface area (Å²) in [6.45, 7) is 2.12. The van der Waals surface area contributed by atoms with Crippen LogP contribution in [-0.2, 0) is 11.3 Å². The highest BCUT2D eigenvalue weighted by atomic mass is 16.6. The third kappa shape index (κ3) is 4.50. The third-order valence-corrected chi connectivity index (χ3v) is 4.38. The number of ether oxygens (including phenoxy) is 1. The predicted molar refractivity (Wildman–Crippen MR) is 98.0 cm³/mol. The summed E-state index contributed by atoms with van der Waals surface area (Å²) in [4.78, 5) is 22.5. The molecule has 2 aromatic carbocycles. The molecule has 2 N–H and O–H groups in total. The van der Waals surface area contributed by atoms with Gasteiger partial charge >= 0.3 is 6.09 Å². The smallest absolute Gasteiger partial charge is 0.407 e. The monoisotopic (exact) mass is 355 g/mol. The van der Waals surface area contributed by atoms with Gasteiger partial charge in [0, 0.05) is 18.2 Å². The van der Waals surface area contributed by atoms with Crippen molar-refractivity contribution in [1.29, 1.82) is 0 Å². The fraction of sp³-hybridized carbons (Fsp3) is 0.316. The van der Waals surface area contributed by atoms with Gasteiger partial charge in [0.2, 0.25) is 0 Å². The SMILES string of the molecule is Cc1ccc([N+](=O)[O-])c(NC2CC(NC(=O)OCc3ccccc3)C2)c1. The molecule has 0 aromatic heterocycles. The van der Waals surface area contributed by atoms with Crippen LogP contribution in [0.4, 0.5) is 16.2 Å². The first-order valence-corrected chi connectivity index (χ1v) is 8.50. The van der Waals surface area contributed by atoms with Crippen molar-refractivity contribution in [3.63, 3.8) is 0 Å². The van der Waals surface area contributed by atoms with Gasteiger partial charge in [0.15, 0.2) is 0 Å². The Bertz CT molecular complexity index is 789. The van der Waals surface area contributed by atoms with Crippen molar-refractivity contribution in [2.24, 2.45) is 0 Å². The number of nitro groups is 1. The Morgan fingerprint density at radius 1 is 1.19 bits per heavy atom. The maximum Gasteiger partial charge on any atom is 0.407 e. The van der Waals surface area contributed by atoms with Gasteiger partial charge in [-0.25, -0.2) is 4.79 Å². The van der Waals surface area contributed by atoms with Crippen LogP contribution in [0.25, 0.3) is 0 Å². The van der Waals surface area contributed by atoms with Crippen LogP contribution in [0, 0.1) is 17.0 Å². The minimum atomic E-state index is -0.446. The molecule has 0 saturated heterocycles. The molecule has 26 heavy (non-hydrogen) atoms. The minimum absolute atomic E-state index is 0.0136. The number of rotatable bonds is 6. The van der Waals surface area contributed by atoms with Crippen molar-refractivity contribution in [3.8, 4) is 0 Å². The number of nitrogens with zero attached hydrogens (tertiary/aromatic N) is 1. The number of hydrogen-bond acceptors (Lipinski definition) is 5. The Kier molecular flexibility index (Phi) is 5.36. The lowest BCUT2D eigenvalue weighted by Gasteiger charge is -2.36. The van der Waals surface area contributed by atoms with Crippen LogP contribution in [0.2, 0.25) is 0 Å². The van der Waals surface area contributed by atoms with Gasteiger partial charge in [-0.3, -0.25) is 10.1 Å². The molecule has 0 heterocycles. The molecule has 0 radical (unpaired) electrons. The van der Waals surface area contributed by atoms with Crippen LogP contribution < -0.4 is 10.6 Å². The molecule has 136 valence electrons. The molecular formula is C19H21N3O4. The van der Waals surface area contributed by atoms with E-state index in [9.17, 15) is 14.9 Å². The van der Waals surface area contributed by atoms with Crippen molar-refractivity contribution < 1.29 is 14.5 Å². The summed E-state index contributed by atoms with van der Waals surface area (Å²) < 4.78 is 5.19. The largest absolute Gasteiger partial charge is 0.445 e. The number of hydrogen-bond donors (Lipinski definition) is 2. The second kappa shape index (κ2) is 7.86. The van der Waals surface area contributed by atoms with Crippen molar-refractivity contribution in [2.75, 3.05) is 5.32 Å². The van der Waals surface area contributed by atoms with Crippen molar-refractivity contribution >= 4 is 17.5 Å². The fourth-order valence-corrected chi connectivity index (χ4v) is 2.93. The van der Waals surface area contributed by atoms with E-state index in [1.54, 1.807) is 12.1 Å². The van der Waals surface area contributed by atoms with E-state index in [0.29, 0.717) is 18.5 Å². The Balaban J connectivity index is 1.44. The van der Waals surface area contributed by atoms with Gasteiger partial charge in [-0.1, -0.05) is 36.4 Å². The van der Waals surface area contributed by atoms with E-state index in [1.165, 1.54) is 6.07 Å². The normalized spacial score (nSPS) is 18.5. The van der Waals surface area contributed by atoms with E-state index in [4.69, 9.17) is 4.74 Å². The Morgan fingerprint density at radius 2 is 1.92 bits per heavy atom. The van der Waals surface area contributed by atoms with E-state index in [0.717, 1.165) is 11.1 Å². The Morgan fingerprint density at radius 3 is 2.62 bits per heavy atom. The number of aryl methyl sites for hydroxylation is 1. The molecular weight excluding hydrogens is 334 g/mol. The molecule has 0 spiro atoms. The molecule has 0 aliphatic heterocycles. The molecule has 1 aliphatic rings. The molecule has 1 fully saturated rings. The summed E-state index contributed by atoms with van der Waals surface area (Å²) in [6.07, 6.45) is 0.954. The average molecular weight is 355 g/mol. The van der Waals surface area contributed by atoms with E-state index in [2.05, 4.69) is 10.6 Å². The van der Waals surface area contributed by atoms with Gasteiger partial charge < -0.3 is 15.4 Å². The maximum atomic E-state index is 11.8. The third-order valence-electron chi connectivity index (χ3n) is 4.38. The highest BCUT2D eigenvalue weighted by molar-refractivity contribution is 5.68. The molecule has 2 aromatic rings. The van der Waals surface area contributed by atoms with E-state index < -0.39 is 11.0 Å². The standard InChI is InChI=1S/C19H21N3O4/c1-13-7-8-18(22(24)25)17(9-13)20-15-10-16(11-15)21-19(23)26-12-14-5-3-2-4-6-14/h2-9,15-16,20H,10-12H2,1H3,(H,21,23). The number of carbonyl (C=O) groups is 1. The number of alkyl carbamates (subject to hydrolysis) is 1. The number of nitro benzene ring substituents is 1. The summed E-state index contributed by atoms with van der Waals surface area (Å²) >= 11 is 0. The van der Waals surface area contributed by atoms with Crippen molar-refractivity contribution in [1.82, 2.24) is 5.32 Å². The number of anilines is 1. The van der Waals surface area contributed by atoms with Crippen LogP contribution >= 0.6 is 0 Å². The van der Waals surface area contributed by atoms with E-state index in [1.807, 2.05) is 37.3 Å². The van der Waals surface area contributed by atoms with Crippen LogP contribution in [0.1, 0.15) is 24.0 Å². The second-order valence-electron chi connectivity index (χ2n) is 6.49. The summed E-state index contributed by atoms with van der Waals surface area (Å²) in [7, 11) is 0. The first-order valence-electron chi connectivity index (χ1n) is 8.50. The van der Waals surface area contributed by atoms with E-state index in [-0.39, 0.29) is 24.4 Å². The molecule has 0 unspecified atom stereocenters. The van der Waals surface area contributed by atoms with Gasteiger partial charge in [-0.2, -0.15) is 0 Å². The predicted octanol–water partition coefficient (Wildman–Crippen LogP) is 3.77. The maximum absolute atomic E-state index is 11.8. The van der Waals surface area contributed by atoms with E-state index >= 15 is 0 Å². The fourth-order valence-electron chi connectivity index (χ4n) is 2.93. The van der Waals surface area contributed by atoms with Crippen molar-refractivity contribution in [2.45, 2.75) is 38.5 Å². The molecule has 3 rings (SSSR count). The lowest BCUT2D eigenvalue weighted by Crippen LogP contribution is -2.49. The van der Waals surface area contributed by atoms with Gasteiger partial charge in [-0.15, -0.1) is 0 Å². The Hall–Kier alpha value is -3.09. The van der Waals surface area contributed by atoms with Crippen LogP contribution in [0.3, 0.4) is 0 Å². The quantitative estimate of drug-likeness (QED) is 0.608. The van der Waals surface area contributed by atoms with Crippen LogP contribution in [-0.4, -0.2) is 23.1 Å². The van der Waals surface area contributed by atoms with Gasteiger partial charge in [0.1, 0.15) is 12.3 Å². The molecule has 1 aliphatic carbocycles.